The quantitative estimate of drug-likeness (QED) is 0.672. The first-order valence-electron chi connectivity index (χ1n) is 10.8. The number of hydrogen-bond acceptors (Lipinski definition) is 3. The van der Waals surface area contributed by atoms with Gasteiger partial charge in [-0.2, -0.15) is 0 Å². The monoisotopic (exact) mass is 375 g/mol. The Morgan fingerprint density at radius 3 is 2.04 bits per heavy atom. The zero-order chi connectivity index (χ0) is 19.2. The molecule has 0 aromatic carbocycles. The fraction of sp³-hybridized carbons (Fsp3) is 0.857. The van der Waals surface area contributed by atoms with E-state index in [9.17, 15) is 14.4 Å². The number of rotatable bonds is 7. The molecule has 5 aliphatic rings. The molecule has 6 nitrogen and oxygen atoms in total. The van der Waals surface area contributed by atoms with Crippen LogP contribution < -0.4 is 10.6 Å². The molecule has 0 atom stereocenters. The molecule has 4 saturated carbocycles. The highest BCUT2D eigenvalue weighted by Crippen LogP contribution is 2.55. The topological polar surface area (TPSA) is 78.5 Å². The lowest BCUT2D eigenvalue weighted by Crippen LogP contribution is -2.61. The van der Waals surface area contributed by atoms with E-state index in [0.29, 0.717) is 12.8 Å². The Labute approximate surface area is 161 Å². The summed E-state index contributed by atoms with van der Waals surface area (Å²) in [6.07, 6.45) is 10.0. The number of imide groups is 1. The average molecular weight is 376 g/mol. The lowest BCUT2D eigenvalue weighted by molar-refractivity contribution is -0.137. The molecule has 2 N–H and O–H groups in total. The number of hydrogen-bond donors (Lipinski definition) is 2. The zero-order valence-corrected chi connectivity index (χ0v) is 16.7. The van der Waals surface area contributed by atoms with Gasteiger partial charge in [0.25, 0.3) is 5.91 Å². The summed E-state index contributed by atoms with van der Waals surface area (Å²) >= 11 is 0. The fourth-order valence-electron chi connectivity index (χ4n) is 6.88. The number of nitrogens with zero attached hydrogens (tertiary/aromatic N) is 1. The Balaban J connectivity index is 1.42. The predicted molar refractivity (Wildman–Crippen MR) is 102 cm³/mol. The van der Waals surface area contributed by atoms with Crippen LogP contribution in [0.2, 0.25) is 0 Å². The molecule has 5 fully saturated rings. The third kappa shape index (κ3) is 3.25. The summed E-state index contributed by atoms with van der Waals surface area (Å²) in [5, 5.41) is 6.16. The molecule has 27 heavy (non-hydrogen) atoms. The Bertz CT molecular complexity index is 603. The van der Waals surface area contributed by atoms with Crippen LogP contribution in [-0.2, 0) is 9.59 Å². The summed E-state index contributed by atoms with van der Waals surface area (Å²) in [6, 6.07) is -0.414. The summed E-state index contributed by atoms with van der Waals surface area (Å²) in [5.74, 6) is 1.83. The molecule has 1 heterocycles. The first kappa shape index (κ1) is 18.8. The van der Waals surface area contributed by atoms with Gasteiger partial charge in [-0.3, -0.25) is 14.5 Å². The Hall–Kier alpha value is -1.59. The lowest BCUT2D eigenvalue weighted by Gasteiger charge is -2.56. The van der Waals surface area contributed by atoms with Gasteiger partial charge in [-0.05, 0) is 69.1 Å². The largest absolute Gasteiger partial charge is 0.349 e. The summed E-state index contributed by atoms with van der Waals surface area (Å²) in [4.78, 5) is 39.4. The fourth-order valence-corrected chi connectivity index (χ4v) is 6.88. The van der Waals surface area contributed by atoms with Crippen molar-refractivity contribution in [1.29, 1.82) is 0 Å². The van der Waals surface area contributed by atoms with Gasteiger partial charge in [-0.25, -0.2) is 4.79 Å². The summed E-state index contributed by atoms with van der Waals surface area (Å²) < 4.78 is 0. The smallest absolute Gasteiger partial charge is 0.325 e. The van der Waals surface area contributed by atoms with Crippen molar-refractivity contribution in [2.45, 2.75) is 89.1 Å². The predicted octanol–water partition coefficient (Wildman–Crippen LogP) is 2.96. The normalized spacial score (nSPS) is 36.2. The second kappa shape index (κ2) is 6.78. The molecule has 0 aromatic heterocycles. The molecule has 1 aliphatic heterocycles. The van der Waals surface area contributed by atoms with Crippen molar-refractivity contribution < 1.29 is 14.4 Å². The molecular formula is C21H33N3O3. The van der Waals surface area contributed by atoms with Gasteiger partial charge in [0, 0.05) is 5.54 Å². The minimum Gasteiger partial charge on any atom is -0.349 e. The van der Waals surface area contributed by atoms with E-state index in [4.69, 9.17) is 0 Å². The SMILES string of the molecule is CCCC1(CCC)NC(=O)N(CC(=O)NC23CC4CC(CC(C4)C2)C3)C1=O. The first-order chi connectivity index (χ1) is 12.9. The van der Waals surface area contributed by atoms with Gasteiger partial charge < -0.3 is 10.6 Å². The minimum atomic E-state index is -0.818. The van der Waals surface area contributed by atoms with Crippen molar-refractivity contribution in [3.05, 3.63) is 0 Å². The average Bonchev–Trinajstić information content (AvgIpc) is 2.78. The van der Waals surface area contributed by atoms with Crippen molar-refractivity contribution in [2.75, 3.05) is 6.54 Å². The molecule has 0 spiro atoms. The Morgan fingerprint density at radius 2 is 1.56 bits per heavy atom. The van der Waals surface area contributed by atoms with E-state index in [1.807, 2.05) is 13.8 Å². The molecule has 5 rings (SSSR count). The van der Waals surface area contributed by atoms with Crippen LogP contribution in [0.4, 0.5) is 4.79 Å². The van der Waals surface area contributed by atoms with Crippen molar-refractivity contribution in [3.63, 3.8) is 0 Å². The molecule has 6 heteroatoms. The second-order valence-electron chi connectivity index (χ2n) is 9.65. The highest BCUT2D eigenvalue weighted by atomic mass is 16.2. The van der Waals surface area contributed by atoms with Crippen LogP contribution in [0.1, 0.15) is 78.1 Å². The van der Waals surface area contributed by atoms with E-state index < -0.39 is 11.6 Å². The maximum Gasteiger partial charge on any atom is 0.325 e. The van der Waals surface area contributed by atoms with Crippen molar-refractivity contribution in [1.82, 2.24) is 15.5 Å². The van der Waals surface area contributed by atoms with E-state index in [-0.39, 0.29) is 23.9 Å². The van der Waals surface area contributed by atoms with Gasteiger partial charge >= 0.3 is 6.03 Å². The van der Waals surface area contributed by atoms with Gasteiger partial charge in [-0.1, -0.05) is 26.7 Å². The Kier molecular flexibility index (Phi) is 4.71. The summed E-state index contributed by atoms with van der Waals surface area (Å²) in [7, 11) is 0. The molecule has 0 radical (unpaired) electrons. The molecule has 4 aliphatic carbocycles. The van der Waals surface area contributed by atoms with Crippen LogP contribution in [0.15, 0.2) is 0 Å². The number of nitrogens with one attached hydrogen (secondary N) is 2. The summed E-state index contributed by atoms with van der Waals surface area (Å²) in [5.41, 5.74) is -0.906. The third-order valence-electron chi connectivity index (χ3n) is 7.34. The number of carbonyl (C=O) groups is 3. The van der Waals surface area contributed by atoms with E-state index in [2.05, 4.69) is 10.6 Å². The van der Waals surface area contributed by atoms with Gasteiger partial charge in [0.1, 0.15) is 12.1 Å². The standard InChI is InChI=1S/C21H33N3O3/c1-3-5-21(6-4-2)18(26)24(19(27)23-21)13-17(25)22-20-10-14-7-15(11-20)9-16(8-14)12-20/h14-16H,3-13H2,1-2H3,(H,22,25)(H,23,27). The summed E-state index contributed by atoms with van der Waals surface area (Å²) in [6.45, 7) is 3.88. The zero-order valence-electron chi connectivity index (χ0n) is 16.7. The molecule has 1 saturated heterocycles. The molecule has 150 valence electrons. The van der Waals surface area contributed by atoms with Crippen LogP contribution in [0, 0.1) is 17.8 Å². The van der Waals surface area contributed by atoms with Crippen LogP contribution in [-0.4, -0.2) is 40.4 Å². The second-order valence-corrected chi connectivity index (χ2v) is 9.65. The molecule has 0 unspecified atom stereocenters. The van der Waals surface area contributed by atoms with Crippen molar-refractivity contribution in [3.8, 4) is 0 Å². The van der Waals surface area contributed by atoms with E-state index >= 15 is 0 Å². The third-order valence-corrected chi connectivity index (χ3v) is 7.34. The highest BCUT2D eigenvalue weighted by Gasteiger charge is 2.53. The lowest BCUT2D eigenvalue weighted by atomic mass is 9.53. The van der Waals surface area contributed by atoms with Gasteiger partial charge in [-0.15, -0.1) is 0 Å². The van der Waals surface area contributed by atoms with Crippen LogP contribution in [0.3, 0.4) is 0 Å². The van der Waals surface area contributed by atoms with Crippen LogP contribution in [0.5, 0.6) is 0 Å². The van der Waals surface area contributed by atoms with Gasteiger partial charge in [0.05, 0.1) is 0 Å². The van der Waals surface area contributed by atoms with Gasteiger partial charge in [0.2, 0.25) is 5.91 Å². The maximum atomic E-state index is 13.0. The Morgan fingerprint density at radius 1 is 1.04 bits per heavy atom. The van der Waals surface area contributed by atoms with Crippen LogP contribution in [0.25, 0.3) is 0 Å². The molecular weight excluding hydrogens is 342 g/mol. The molecule has 4 amide bonds. The molecule has 0 aromatic rings. The highest BCUT2D eigenvalue weighted by molar-refractivity contribution is 6.09. The minimum absolute atomic E-state index is 0.0883. The van der Waals surface area contributed by atoms with E-state index in [1.165, 1.54) is 19.3 Å². The number of urea groups is 1. The van der Waals surface area contributed by atoms with E-state index in [1.54, 1.807) is 0 Å². The van der Waals surface area contributed by atoms with Crippen molar-refractivity contribution >= 4 is 17.8 Å². The van der Waals surface area contributed by atoms with Gasteiger partial charge in [0.15, 0.2) is 0 Å². The number of carbonyl (C=O) groups excluding carboxylic acids is 3. The number of amides is 4. The first-order valence-corrected chi connectivity index (χ1v) is 10.8. The van der Waals surface area contributed by atoms with Crippen molar-refractivity contribution in [2.24, 2.45) is 17.8 Å². The van der Waals surface area contributed by atoms with Crippen LogP contribution >= 0.6 is 0 Å². The maximum absolute atomic E-state index is 13.0. The van der Waals surface area contributed by atoms with E-state index in [0.717, 1.165) is 54.8 Å². The molecule has 4 bridgehead atoms.